The minimum Gasteiger partial charge on any atom is -0.480 e. The number of methoxy groups -OCH3 is 1. The molecule has 0 aromatic carbocycles. The van der Waals surface area contributed by atoms with Crippen molar-refractivity contribution in [3.8, 4) is 0 Å². The molecular weight excluding hydrogens is 198 g/mol. The Morgan fingerprint density at radius 1 is 1.40 bits per heavy atom. The molecule has 0 aromatic rings. The number of hydrogen-bond acceptors (Lipinski definition) is 4. The molecule has 5 nitrogen and oxygen atoms in total. The predicted octanol–water partition coefficient (Wildman–Crippen LogP) is 0.536. The number of rotatable bonds is 5. The van der Waals surface area contributed by atoms with E-state index < -0.39 is 11.5 Å². The Morgan fingerprint density at radius 2 is 2.00 bits per heavy atom. The normalized spacial score (nSPS) is 18.7. The Hall–Kier alpha value is -1.10. The van der Waals surface area contributed by atoms with Crippen LogP contribution in [0.15, 0.2) is 0 Å². The van der Waals surface area contributed by atoms with Crippen LogP contribution in [0.1, 0.15) is 32.1 Å². The van der Waals surface area contributed by atoms with Crippen LogP contribution in [0.4, 0.5) is 0 Å². The molecule has 0 aliphatic heterocycles. The molecule has 1 rings (SSSR count). The summed E-state index contributed by atoms with van der Waals surface area (Å²) in [5, 5.41) is 12.1. The number of aliphatic carboxylic acids is 1. The predicted molar refractivity (Wildman–Crippen MR) is 53.5 cm³/mol. The Morgan fingerprint density at radius 3 is 2.47 bits per heavy atom. The molecule has 86 valence electrons. The van der Waals surface area contributed by atoms with Crippen LogP contribution in [0.2, 0.25) is 0 Å². The first-order chi connectivity index (χ1) is 7.10. The van der Waals surface area contributed by atoms with Crippen LogP contribution >= 0.6 is 0 Å². The molecule has 0 aromatic heterocycles. The Labute approximate surface area is 88.8 Å². The molecule has 0 unspecified atom stereocenters. The van der Waals surface area contributed by atoms with Crippen molar-refractivity contribution in [3.63, 3.8) is 0 Å². The fraction of sp³-hybridized carbons (Fsp3) is 0.800. The Kier molecular flexibility index (Phi) is 4.08. The summed E-state index contributed by atoms with van der Waals surface area (Å²) in [6.07, 6.45) is 3.35. The van der Waals surface area contributed by atoms with Gasteiger partial charge in [-0.05, 0) is 12.8 Å². The number of nitrogens with one attached hydrogen (secondary N) is 1. The number of carbonyl (C=O) groups excluding carboxylic acids is 1. The zero-order chi connectivity index (χ0) is 11.3. The second-order valence-electron chi connectivity index (χ2n) is 3.85. The molecule has 0 atom stereocenters. The van der Waals surface area contributed by atoms with Crippen molar-refractivity contribution < 1.29 is 19.4 Å². The van der Waals surface area contributed by atoms with E-state index in [1.165, 1.54) is 7.11 Å². The molecule has 2 N–H and O–H groups in total. The summed E-state index contributed by atoms with van der Waals surface area (Å²) < 4.78 is 4.48. The zero-order valence-electron chi connectivity index (χ0n) is 8.91. The first-order valence-corrected chi connectivity index (χ1v) is 5.16. The molecule has 1 saturated carbocycles. The lowest BCUT2D eigenvalue weighted by Gasteiger charge is -2.25. The monoisotopic (exact) mass is 215 g/mol. The van der Waals surface area contributed by atoms with Gasteiger partial charge in [0.25, 0.3) is 0 Å². The highest BCUT2D eigenvalue weighted by Gasteiger charge is 2.40. The zero-order valence-corrected chi connectivity index (χ0v) is 8.91. The highest BCUT2D eigenvalue weighted by Crippen LogP contribution is 2.29. The minimum atomic E-state index is -0.815. The van der Waals surface area contributed by atoms with Crippen molar-refractivity contribution in [2.45, 2.75) is 37.6 Å². The first-order valence-electron chi connectivity index (χ1n) is 5.16. The molecule has 0 bridgehead atoms. The quantitative estimate of drug-likeness (QED) is 0.654. The summed E-state index contributed by atoms with van der Waals surface area (Å²) in [4.78, 5) is 21.9. The molecule has 0 spiro atoms. The van der Waals surface area contributed by atoms with E-state index in [2.05, 4.69) is 10.1 Å². The van der Waals surface area contributed by atoms with Crippen molar-refractivity contribution in [2.75, 3.05) is 13.7 Å². The second kappa shape index (κ2) is 5.11. The van der Waals surface area contributed by atoms with Crippen molar-refractivity contribution in [1.29, 1.82) is 0 Å². The summed E-state index contributed by atoms with van der Waals surface area (Å²) in [7, 11) is 1.32. The van der Waals surface area contributed by atoms with Crippen molar-refractivity contribution in [3.05, 3.63) is 0 Å². The lowest BCUT2D eigenvalue weighted by molar-refractivity contribution is -0.146. The fourth-order valence-corrected chi connectivity index (χ4v) is 1.95. The highest BCUT2D eigenvalue weighted by molar-refractivity contribution is 5.79. The number of ether oxygens (including phenoxy) is 1. The van der Waals surface area contributed by atoms with Gasteiger partial charge in [-0.1, -0.05) is 12.8 Å². The average molecular weight is 215 g/mol. The average Bonchev–Trinajstić information content (AvgIpc) is 2.67. The van der Waals surface area contributed by atoms with Gasteiger partial charge >= 0.3 is 11.9 Å². The summed E-state index contributed by atoms with van der Waals surface area (Å²) in [5.74, 6) is -1.13. The number of carbonyl (C=O) groups is 2. The molecule has 1 aliphatic rings. The lowest BCUT2D eigenvalue weighted by Crippen LogP contribution is -2.50. The SMILES string of the molecule is COC(=O)CCNC1(C(=O)O)CCCC1. The third-order valence-electron chi connectivity index (χ3n) is 2.89. The summed E-state index contributed by atoms with van der Waals surface area (Å²) >= 11 is 0. The standard InChI is InChI=1S/C10H17NO4/c1-15-8(12)4-7-11-10(9(13)14)5-2-3-6-10/h11H,2-7H2,1H3,(H,13,14). The molecule has 0 saturated heterocycles. The topological polar surface area (TPSA) is 75.6 Å². The van der Waals surface area contributed by atoms with E-state index in [9.17, 15) is 9.59 Å². The summed E-state index contributed by atoms with van der Waals surface area (Å²) in [6, 6.07) is 0. The Bertz CT molecular complexity index is 246. The number of carboxylic acid groups (broad SMARTS) is 1. The van der Waals surface area contributed by atoms with Crippen LogP contribution in [0.25, 0.3) is 0 Å². The van der Waals surface area contributed by atoms with Gasteiger partial charge < -0.3 is 15.2 Å². The molecule has 0 amide bonds. The molecule has 1 aliphatic carbocycles. The van der Waals surface area contributed by atoms with Crippen LogP contribution in [0.5, 0.6) is 0 Å². The highest BCUT2D eigenvalue weighted by atomic mass is 16.5. The maximum Gasteiger partial charge on any atom is 0.323 e. The largest absolute Gasteiger partial charge is 0.480 e. The summed E-state index contributed by atoms with van der Waals surface area (Å²) in [5.41, 5.74) is -0.811. The number of carboxylic acids is 1. The third kappa shape index (κ3) is 2.92. The van der Waals surface area contributed by atoms with Crippen LogP contribution < -0.4 is 5.32 Å². The van der Waals surface area contributed by atoms with Gasteiger partial charge in [0.05, 0.1) is 13.5 Å². The summed E-state index contributed by atoms with van der Waals surface area (Å²) in [6.45, 7) is 0.360. The van der Waals surface area contributed by atoms with Gasteiger partial charge in [0.15, 0.2) is 0 Å². The van der Waals surface area contributed by atoms with E-state index in [0.717, 1.165) is 12.8 Å². The number of hydrogen-bond donors (Lipinski definition) is 2. The van der Waals surface area contributed by atoms with E-state index in [0.29, 0.717) is 19.4 Å². The third-order valence-corrected chi connectivity index (χ3v) is 2.89. The lowest BCUT2D eigenvalue weighted by atomic mass is 9.98. The molecule has 15 heavy (non-hydrogen) atoms. The van der Waals surface area contributed by atoms with Crippen molar-refractivity contribution in [2.24, 2.45) is 0 Å². The minimum absolute atomic E-state index is 0.214. The van der Waals surface area contributed by atoms with Gasteiger partial charge in [0.2, 0.25) is 0 Å². The van der Waals surface area contributed by atoms with Crippen LogP contribution in [0, 0.1) is 0 Å². The van der Waals surface area contributed by atoms with E-state index in [1.807, 2.05) is 0 Å². The van der Waals surface area contributed by atoms with Crippen LogP contribution in [-0.4, -0.2) is 36.2 Å². The number of esters is 1. The maximum absolute atomic E-state index is 11.1. The van der Waals surface area contributed by atoms with E-state index >= 15 is 0 Å². The van der Waals surface area contributed by atoms with Crippen molar-refractivity contribution in [1.82, 2.24) is 5.32 Å². The van der Waals surface area contributed by atoms with Gasteiger partial charge in [-0.25, -0.2) is 0 Å². The van der Waals surface area contributed by atoms with Gasteiger partial charge in [0, 0.05) is 6.54 Å². The van der Waals surface area contributed by atoms with Crippen LogP contribution in [0.3, 0.4) is 0 Å². The van der Waals surface area contributed by atoms with Crippen molar-refractivity contribution >= 4 is 11.9 Å². The van der Waals surface area contributed by atoms with Crippen LogP contribution in [-0.2, 0) is 14.3 Å². The fourth-order valence-electron chi connectivity index (χ4n) is 1.95. The molecule has 1 fully saturated rings. The smallest absolute Gasteiger partial charge is 0.323 e. The van der Waals surface area contributed by atoms with Gasteiger partial charge in [-0.15, -0.1) is 0 Å². The van der Waals surface area contributed by atoms with Gasteiger partial charge in [-0.3, -0.25) is 9.59 Å². The van der Waals surface area contributed by atoms with E-state index in [1.54, 1.807) is 0 Å². The Balaban J connectivity index is 2.39. The molecule has 0 radical (unpaired) electrons. The molecule has 0 heterocycles. The second-order valence-corrected chi connectivity index (χ2v) is 3.85. The van der Waals surface area contributed by atoms with E-state index in [4.69, 9.17) is 5.11 Å². The van der Waals surface area contributed by atoms with E-state index in [-0.39, 0.29) is 12.4 Å². The first kappa shape index (κ1) is 12.0. The van der Waals surface area contributed by atoms with Gasteiger partial charge in [0.1, 0.15) is 5.54 Å². The van der Waals surface area contributed by atoms with Gasteiger partial charge in [-0.2, -0.15) is 0 Å². The molecule has 5 heteroatoms. The maximum atomic E-state index is 11.1. The molecular formula is C10H17NO4.